The first-order valence-corrected chi connectivity index (χ1v) is 11.5. The van der Waals surface area contributed by atoms with E-state index in [0.29, 0.717) is 6.54 Å². The van der Waals surface area contributed by atoms with Crippen molar-refractivity contribution in [3.63, 3.8) is 0 Å². The molecule has 0 bridgehead atoms. The van der Waals surface area contributed by atoms with Gasteiger partial charge >= 0.3 is 0 Å². The average Bonchev–Trinajstić information content (AvgIpc) is 3.50. The van der Waals surface area contributed by atoms with Gasteiger partial charge in [-0.15, -0.1) is 21.5 Å². The maximum atomic E-state index is 12.2. The highest BCUT2D eigenvalue weighted by molar-refractivity contribution is 7.99. The minimum Gasteiger partial charge on any atom is -0.467 e. The largest absolute Gasteiger partial charge is 0.467 e. The summed E-state index contributed by atoms with van der Waals surface area (Å²) in [4.78, 5) is 13.4. The summed E-state index contributed by atoms with van der Waals surface area (Å²) in [6.45, 7) is 5.30. The van der Waals surface area contributed by atoms with Gasteiger partial charge in [-0.3, -0.25) is 4.79 Å². The number of amides is 1. The van der Waals surface area contributed by atoms with Crippen LogP contribution in [0.5, 0.6) is 0 Å². The highest BCUT2D eigenvalue weighted by atomic mass is 32.2. The summed E-state index contributed by atoms with van der Waals surface area (Å²) in [5.41, 5.74) is 3.44. The van der Waals surface area contributed by atoms with Crippen molar-refractivity contribution in [1.29, 1.82) is 0 Å². The number of nitrogens with zero attached hydrogens (tertiary/aromatic N) is 3. The molecule has 6 nitrogen and oxygen atoms in total. The number of thiophene rings is 1. The van der Waals surface area contributed by atoms with Gasteiger partial charge in [-0.25, -0.2) is 0 Å². The number of aryl methyl sites for hydroxylation is 1. The molecule has 1 aromatic carbocycles. The van der Waals surface area contributed by atoms with Gasteiger partial charge in [-0.2, -0.15) is 0 Å². The van der Waals surface area contributed by atoms with Crippen LogP contribution in [0, 0.1) is 6.92 Å². The molecule has 0 fully saturated rings. The van der Waals surface area contributed by atoms with Crippen LogP contribution in [0.2, 0.25) is 0 Å². The number of hydrogen-bond donors (Lipinski definition) is 1. The molecular weight excluding hydrogens is 416 g/mol. The number of nitrogens with one attached hydrogen (secondary N) is 1. The zero-order valence-corrected chi connectivity index (χ0v) is 18.4. The molecule has 8 heteroatoms. The van der Waals surface area contributed by atoms with E-state index in [0.717, 1.165) is 28.8 Å². The Labute approximate surface area is 183 Å². The van der Waals surface area contributed by atoms with Crippen LogP contribution in [0.1, 0.15) is 17.6 Å². The maximum Gasteiger partial charge on any atom is 0.230 e. The van der Waals surface area contributed by atoms with E-state index < -0.39 is 0 Å². The third-order valence-electron chi connectivity index (χ3n) is 4.68. The van der Waals surface area contributed by atoms with Gasteiger partial charge in [0.05, 0.1) is 18.6 Å². The minimum absolute atomic E-state index is 0.0695. The predicted octanol–water partition coefficient (Wildman–Crippen LogP) is 5.00. The number of rotatable bonds is 8. The molecule has 30 heavy (non-hydrogen) atoms. The lowest BCUT2D eigenvalue weighted by Gasteiger charge is -2.09. The van der Waals surface area contributed by atoms with Gasteiger partial charge in [0.25, 0.3) is 0 Å². The summed E-state index contributed by atoms with van der Waals surface area (Å²) in [6.07, 6.45) is 1.59. The Bertz CT molecular complexity index is 1120. The molecule has 4 rings (SSSR count). The molecule has 3 heterocycles. The molecule has 0 saturated carbocycles. The van der Waals surface area contributed by atoms with Gasteiger partial charge < -0.3 is 14.3 Å². The number of aromatic nitrogens is 3. The molecule has 0 spiro atoms. The van der Waals surface area contributed by atoms with E-state index in [1.807, 2.05) is 24.3 Å². The van der Waals surface area contributed by atoms with E-state index >= 15 is 0 Å². The zero-order chi connectivity index (χ0) is 20.9. The minimum atomic E-state index is -0.0695. The highest BCUT2D eigenvalue weighted by Gasteiger charge is 2.20. The van der Waals surface area contributed by atoms with E-state index in [1.54, 1.807) is 23.7 Å². The van der Waals surface area contributed by atoms with Crippen LogP contribution >= 0.6 is 23.1 Å². The van der Waals surface area contributed by atoms with E-state index in [9.17, 15) is 4.79 Å². The van der Waals surface area contributed by atoms with Crippen LogP contribution in [0.25, 0.3) is 22.5 Å². The van der Waals surface area contributed by atoms with Gasteiger partial charge in [0.15, 0.2) is 11.0 Å². The van der Waals surface area contributed by atoms with Crippen LogP contribution in [-0.4, -0.2) is 26.4 Å². The van der Waals surface area contributed by atoms with Crippen LogP contribution in [0.3, 0.4) is 0 Å². The van der Waals surface area contributed by atoms with Crippen LogP contribution in [0.4, 0.5) is 0 Å². The molecule has 154 valence electrons. The summed E-state index contributed by atoms with van der Waals surface area (Å²) in [5, 5.41) is 14.6. The first-order valence-electron chi connectivity index (χ1n) is 9.66. The van der Waals surface area contributed by atoms with E-state index in [-0.39, 0.29) is 11.7 Å². The number of benzene rings is 1. The van der Waals surface area contributed by atoms with Gasteiger partial charge in [-0.05, 0) is 31.5 Å². The summed E-state index contributed by atoms with van der Waals surface area (Å²) in [6, 6.07) is 14.0. The average molecular weight is 439 g/mol. The fourth-order valence-corrected chi connectivity index (χ4v) is 4.94. The maximum absolute atomic E-state index is 12.2. The molecule has 4 aromatic rings. The van der Waals surface area contributed by atoms with E-state index in [4.69, 9.17) is 4.42 Å². The summed E-state index contributed by atoms with van der Waals surface area (Å²) < 4.78 is 7.31. The fourth-order valence-electron chi connectivity index (χ4n) is 3.24. The smallest absolute Gasteiger partial charge is 0.230 e. The third-order valence-corrected chi connectivity index (χ3v) is 6.56. The van der Waals surface area contributed by atoms with Crippen molar-refractivity contribution in [3.05, 3.63) is 64.7 Å². The molecular formula is C22H22N4O2S2. The van der Waals surface area contributed by atoms with Crippen molar-refractivity contribution in [2.24, 2.45) is 0 Å². The van der Waals surface area contributed by atoms with Crippen molar-refractivity contribution in [1.82, 2.24) is 20.1 Å². The second-order valence-corrected chi connectivity index (χ2v) is 8.67. The van der Waals surface area contributed by atoms with Gasteiger partial charge in [-0.1, -0.05) is 42.1 Å². The molecule has 0 unspecified atom stereocenters. The molecule has 0 radical (unpaired) electrons. The number of carbonyl (C=O) groups excluding carboxylic acids is 1. The molecule has 0 aliphatic carbocycles. The number of furan rings is 1. The summed E-state index contributed by atoms with van der Waals surface area (Å²) in [7, 11) is 0. The zero-order valence-electron chi connectivity index (χ0n) is 16.8. The Morgan fingerprint density at radius 2 is 2.03 bits per heavy atom. The quantitative estimate of drug-likeness (QED) is 0.392. The SMILES string of the molecule is CCn1c(SCC(=O)NCc2ccco2)nnc1-c1csc(C)c1-c1ccccc1. The first-order chi connectivity index (χ1) is 14.7. The number of hydrogen-bond acceptors (Lipinski definition) is 6. The summed E-state index contributed by atoms with van der Waals surface area (Å²) in [5.74, 6) is 1.76. The standard InChI is InChI=1S/C22H22N4O2S2/c1-3-26-21(18-13-29-15(2)20(18)16-8-5-4-6-9-16)24-25-22(26)30-14-19(27)23-12-17-10-7-11-28-17/h4-11,13H,3,12,14H2,1-2H3,(H,23,27). The Morgan fingerprint density at radius 3 is 2.77 bits per heavy atom. The Morgan fingerprint density at radius 1 is 1.20 bits per heavy atom. The van der Waals surface area contributed by atoms with Gasteiger partial charge in [0, 0.05) is 27.9 Å². The lowest BCUT2D eigenvalue weighted by molar-refractivity contribution is -0.118. The van der Waals surface area contributed by atoms with Crippen molar-refractivity contribution in [2.75, 3.05) is 5.75 Å². The Hall–Kier alpha value is -2.84. The molecule has 0 aliphatic heterocycles. The Balaban J connectivity index is 1.51. The topological polar surface area (TPSA) is 73.0 Å². The molecule has 0 atom stereocenters. The highest BCUT2D eigenvalue weighted by Crippen LogP contribution is 2.39. The molecule has 1 N–H and O–H groups in total. The fraction of sp³-hybridized carbons (Fsp3) is 0.227. The lowest BCUT2D eigenvalue weighted by Crippen LogP contribution is -2.24. The third kappa shape index (κ3) is 4.34. The molecule has 0 saturated heterocycles. The molecule has 0 aliphatic rings. The predicted molar refractivity (Wildman–Crippen MR) is 120 cm³/mol. The lowest BCUT2D eigenvalue weighted by atomic mass is 10.0. The molecule has 3 aromatic heterocycles. The van der Waals surface area contributed by atoms with E-state index in [1.165, 1.54) is 27.8 Å². The van der Waals surface area contributed by atoms with Crippen LogP contribution < -0.4 is 5.32 Å². The van der Waals surface area contributed by atoms with Crippen molar-refractivity contribution in [2.45, 2.75) is 32.1 Å². The van der Waals surface area contributed by atoms with Crippen molar-refractivity contribution in [3.8, 4) is 22.5 Å². The first kappa shape index (κ1) is 20.4. The van der Waals surface area contributed by atoms with Crippen molar-refractivity contribution >= 4 is 29.0 Å². The second-order valence-electron chi connectivity index (χ2n) is 6.64. The monoisotopic (exact) mass is 438 g/mol. The summed E-state index contributed by atoms with van der Waals surface area (Å²) >= 11 is 3.10. The van der Waals surface area contributed by atoms with Gasteiger partial charge in [0.1, 0.15) is 5.76 Å². The van der Waals surface area contributed by atoms with Gasteiger partial charge in [0.2, 0.25) is 5.91 Å². The normalized spacial score (nSPS) is 11.0. The van der Waals surface area contributed by atoms with Crippen LogP contribution in [-0.2, 0) is 17.9 Å². The second kappa shape index (κ2) is 9.32. The van der Waals surface area contributed by atoms with Crippen LogP contribution in [0.15, 0.2) is 63.7 Å². The van der Waals surface area contributed by atoms with Crippen molar-refractivity contribution < 1.29 is 9.21 Å². The molecule has 1 amide bonds. The number of carbonyl (C=O) groups is 1. The number of thioether (sulfide) groups is 1. The van der Waals surface area contributed by atoms with E-state index in [2.05, 4.69) is 51.4 Å². The Kier molecular flexibility index (Phi) is 6.35.